The molecule has 0 radical (unpaired) electrons. The molecule has 0 amide bonds. The van der Waals surface area contributed by atoms with Crippen molar-refractivity contribution in [2.45, 2.75) is 50.5 Å². The third-order valence-corrected chi connectivity index (χ3v) is 4.36. The molecule has 0 bridgehead atoms. The molecule has 0 spiro atoms. The molecule has 1 rings (SSSR count). The number of alkyl halides is 4. The lowest BCUT2D eigenvalue weighted by Gasteiger charge is -2.34. The summed E-state index contributed by atoms with van der Waals surface area (Å²) in [5, 5.41) is -1.07. The number of rotatable bonds is 9. The summed E-state index contributed by atoms with van der Waals surface area (Å²) in [7, 11) is 0.743. The highest BCUT2D eigenvalue weighted by Gasteiger charge is 2.64. The topological polar surface area (TPSA) is 61.8 Å². The van der Waals surface area contributed by atoms with Crippen LogP contribution in [0, 0.1) is 5.92 Å². The van der Waals surface area contributed by atoms with Crippen molar-refractivity contribution in [1.29, 1.82) is 0 Å². The molecule has 0 aliphatic carbocycles. The quantitative estimate of drug-likeness (QED) is 0.439. The Morgan fingerprint density at radius 1 is 1.14 bits per heavy atom. The normalized spacial score (nSPS) is 16.2. The van der Waals surface area contributed by atoms with Crippen molar-refractivity contribution in [2.75, 3.05) is 13.7 Å². The molecule has 0 saturated carbocycles. The lowest BCUT2D eigenvalue weighted by Crippen LogP contribution is -2.54. The Bertz CT molecular complexity index is 651. The Morgan fingerprint density at radius 3 is 2.14 bits per heavy atom. The predicted octanol–water partition coefficient (Wildman–Crippen LogP) is 4.22. The van der Waals surface area contributed by atoms with Crippen molar-refractivity contribution in [2.24, 2.45) is 5.92 Å². The van der Waals surface area contributed by atoms with Crippen LogP contribution in [0.1, 0.15) is 32.8 Å². The summed E-state index contributed by atoms with van der Waals surface area (Å²) >= 11 is 6.17. The average Bonchev–Trinajstić information content (AvgIpc) is 2.59. The number of carbonyl (C=O) groups excluding carboxylic acids is 2. The molecule has 1 aromatic carbocycles. The third-order valence-electron chi connectivity index (χ3n) is 3.95. The molecule has 0 fully saturated rings. The number of carbonyl (C=O) groups is 2. The second kappa shape index (κ2) is 10.1. The number of halogens is 4. The molecular weight excluding hydrogens is 401 g/mol. The first-order valence-corrected chi connectivity index (χ1v) is 9.14. The largest absolute Gasteiger partial charge is 0.463 e. The number of methoxy groups -OCH3 is 1. The Kier molecular flexibility index (Phi) is 8.75. The summed E-state index contributed by atoms with van der Waals surface area (Å²) in [6.45, 7) is 5.07. The van der Waals surface area contributed by atoms with Gasteiger partial charge >= 0.3 is 18.1 Å². The molecule has 1 aromatic rings. The summed E-state index contributed by atoms with van der Waals surface area (Å²) in [6.07, 6.45) is -6.65. The van der Waals surface area contributed by atoms with Crippen LogP contribution in [0.5, 0.6) is 0 Å². The van der Waals surface area contributed by atoms with E-state index >= 15 is 0 Å². The lowest BCUT2D eigenvalue weighted by molar-refractivity contribution is -0.278. The minimum absolute atomic E-state index is 0.00190. The van der Waals surface area contributed by atoms with Crippen LogP contribution in [0.15, 0.2) is 30.3 Å². The summed E-state index contributed by atoms with van der Waals surface area (Å²) in [4.78, 5) is 24.9. The standard InChI is InChI=1S/C19H24ClF3O5/c1-5-27-16(24)15(14(20)11-12(2)3)28-17(25)18(26-4,19(21,22)23)13-9-7-6-8-10-13/h6-10,12,14-15H,5,11H2,1-4H3/t14-,15+,18?/m0/s1. The molecule has 28 heavy (non-hydrogen) atoms. The molecule has 3 atom stereocenters. The van der Waals surface area contributed by atoms with Gasteiger partial charge in [-0.2, -0.15) is 13.2 Å². The molecule has 5 nitrogen and oxygen atoms in total. The van der Waals surface area contributed by atoms with Crippen molar-refractivity contribution in [3.63, 3.8) is 0 Å². The molecule has 9 heteroatoms. The molecule has 0 aliphatic heterocycles. The Labute approximate surface area is 167 Å². The van der Waals surface area contributed by atoms with E-state index < -0.39 is 40.8 Å². The summed E-state index contributed by atoms with van der Waals surface area (Å²) in [6, 6.07) is 6.32. The molecule has 0 aliphatic rings. The number of ether oxygens (including phenoxy) is 3. The Balaban J connectivity index is 3.34. The minimum atomic E-state index is -5.15. The van der Waals surface area contributed by atoms with E-state index in [-0.39, 0.29) is 18.9 Å². The zero-order valence-electron chi connectivity index (χ0n) is 16.1. The first-order chi connectivity index (χ1) is 13.0. The maximum absolute atomic E-state index is 13.9. The van der Waals surface area contributed by atoms with Gasteiger partial charge in [-0.05, 0) is 19.3 Å². The maximum Gasteiger partial charge on any atom is 0.432 e. The van der Waals surface area contributed by atoms with Gasteiger partial charge in [0.2, 0.25) is 6.10 Å². The first kappa shape index (κ1) is 24.2. The monoisotopic (exact) mass is 424 g/mol. The van der Waals surface area contributed by atoms with E-state index in [0.29, 0.717) is 0 Å². The smallest absolute Gasteiger partial charge is 0.432 e. The van der Waals surface area contributed by atoms with Gasteiger partial charge in [-0.25, -0.2) is 9.59 Å². The lowest BCUT2D eigenvalue weighted by atomic mass is 9.92. The van der Waals surface area contributed by atoms with Gasteiger partial charge in [0.1, 0.15) is 0 Å². The van der Waals surface area contributed by atoms with E-state index in [1.165, 1.54) is 25.1 Å². The number of benzene rings is 1. The van der Waals surface area contributed by atoms with Gasteiger partial charge in [0.05, 0.1) is 12.0 Å². The molecular formula is C19H24ClF3O5. The van der Waals surface area contributed by atoms with E-state index in [1.807, 2.05) is 0 Å². The highest BCUT2D eigenvalue weighted by molar-refractivity contribution is 6.22. The van der Waals surface area contributed by atoms with Crippen molar-refractivity contribution in [3.8, 4) is 0 Å². The number of hydrogen-bond donors (Lipinski definition) is 0. The van der Waals surface area contributed by atoms with E-state index in [4.69, 9.17) is 21.1 Å². The van der Waals surface area contributed by atoms with Gasteiger partial charge in [-0.3, -0.25) is 0 Å². The highest BCUT2D eigenvalue weighted by atomic mass is 35.5. The van der Waals surface area contributed by atoms with Gasteiger partial charge in [-0.15, -0.1) is 11.6 Å². The summed E-state index contributed by atoms with van der Waals surface area (Å²) < 4.78 is 56.3. The second-order valence-corrected chi connectivity index (χ2v) is 7.03. The van der Waals surface area contributed by atoms with Gasteiger partial charge < -0.3 is 14.2 Å². The minimum Gasteiger partial charge on any atom is -0.463 e. The van der Waals surface area contributed by atoms with E-state index in [0.717, 1.165) is 19.2 Å². The second-order valence-electron chi connectivity index (χ2n) is 6.47. The fraction of sp³-hybridized carbons (Fsp3) is 0.579. The van der Waals surface area contributed by atoms with Crippen LogP contribution in [0.25, 0.3) is 0 Å². The zero-order valence-corrected chi connectivity index (χ0v) is 16.8. The van der Waals surface area contributed by atoms with Crippen molar-refractivity contribution >= 4 is 23.5 Å². The summed E-state index contributed by atoms with van der Waals surface area (Å²) in [5.74, 6) is -2.81. The average molecular weight is 425 g/mol. The van der Waals surface area contributed by atoms with Crippen molar-refractivity contribution in [1.82, 2.24) is 0 Å². The molecule has 158 valence electrons. The Morgan fingerprint density at radius 2 is 1.71 bits per heavy atom. The van der Waals surface area contributed by atoms with Crippen LogP contribution < -0.4 is 0 Å². The van der Waals surface area contributed by atoms with Gasteiger partial charge in [0, 0.05) is 12.7 Å². The number of hydrogen-bond acceptors (Lipinski definition) is 5. The fourth-order valence-corrected chi connectivity index (χ4v) is 3.16. The highest BCUT2D eigenvalue weighted by Crippen LogP contribution is 2.43. The van der Waals surface area contributed by atoms with Gasteiger partial charge in [-0.1, -0.05) is 44.2 Å². The van der Waals surface area contributed by atoms with E-state index in [1.54, 1.807) is 13.8 Å². The van der Waals surface area contributed by atoms with Crippen LogP contribution in [0.2, 0.25) is 0 Å². The van der Waals surface area contributed by atoms with Gasteiger partial charge in [0.15, 0.2) is 0 Å². The predicted molar refractivity (Wildman–Crippen MR) is 96.8 cm³/mol. The summed E-state index contributed by atoms with van der Waals surface area (Å²) in [5.41, 5.74) is -3.89. The molecule has 0 heterocycles. The van der Waals surface area contributed by atoms with E-state index in [9.17, 15) is 22.8 Å². The fourth-order valence-electron chi connectivity index (χ4n) is 2.65. The Hall–Kier alpha value is -1.80. The first-order valence-electron chi connectivity index (χ1n) is 8.70. The van der Waals surface area contributed by atoms with Crippen molar-refractivity contribution < 1.29 is 37.0 Å². The van der Waals surface area contributed by atoms with Crippen LogP contribution in [-0.2, 0) is 29.4 Å². The maximum atomic E-state index is 13.9. The van der Waals surface area contributed by atoms with Gasteiger partial charge in [0.25, 0.3) is 5.60 Å². The van der Waals surface area contributed by atoms with Crippen LogP contribution >= 0.6 is 11.6 Å². The van der Waals surface area contributed by atoms with Crippen LogP contribution in [-0.4, -0.2) is 43.3 Å². The molecule has 0 saturated heterocycles. The van der Waals surface area contributed by atoms with Crippen molar-refractivity contribution in [3.05, 3.63) is 35.9 Å². The number of esters is 2. The van der Waals surface area contributed by atoms with Crippen LogP contribution in [0.4, 0.5) is 13.2 Å². The molecule has 1 unspecified atom stereocenters. The zero-order chi connectivity index (χ0) is 21.5. The molecule has 0 aromatic heterocycles. The van der Waals surface area contributed by atoms with E-state index in [2.05, 4.69) is 4.74 Å². The third kappa shape index (κ3) is 5.38. The SMILES string of the molecule is CCOC(=O)[C@H](OC(=O)C(OC)(c1ccccc1)C(F)(F)F)[C@@H](Cl)CC(C)C. The van der Waals surface area contributed by atoms with Crippen LogP contribution in [0.3, 0.4) is 0 Å². The molecule has 0 N–H and O–H groups in total.